The van der Waals surface area contributed by atoms with Crippen LogP contribution in [0.2, 0.25) is 0 Å². The number of nitrogens with one attached hydrogen (secondary N) is 2. The van der Waals surface area contributed by atoms with Crippen molar-refractivity contribution in [2.75, 3.05) is 12.4 Å². The molecule has 0 bridgehead atoms. The quantitative estimate of drug-likeness (QED) is 0.517. The fraction of sp³-hybridized carbons (Fsp3) is 0.0870. The van der Waals surface area contributed by atoms with E-state index >= 15 is 0 Å². The fourth-order valence-electron chi connectivity index (χ4n) is 3.61. The van der Waals surface area contributed by atoms with Gasteiger partial charge in [0.15, 0.2) is 0 Å². The average Bonchev–Trinajstić information content (AvgIpc) is 3.16. The molecular formula is C23H19N3O. The number of methoxy groups -OCH3 is 1. The number of ether oxygens (including phenoxy) is 1. The molecule has 0 aliphatic carbocycles. The molecule has 0 spiro atoms. The first kappa shape index (κ1) is 15.7. The molecule has 4 aromatic rings. The molecule has 0 radical (unpaired) electrons. The Morgan fingerprint density at radius 3 is 2.74 bits per heavy atom. The lowest BCUT2D eigenvalue weighted by Crippen LogP contribution is -2.12. The van der Waals surface area contributed by atoms with Crippen LogP contribution in [0.25, 0.3) is 28.1 Å². The molecule has 1 aliphatic rings. The van der Waals surface area contributed by atoms with E-state index in [1.807, 2.05) is 24.3 Å². The van der Waals surface area contributed by atoms with Gasteiger partial charge in [0.05, 0.1) is 24.4 Å². The van der Waals surface area contributed by atoms with Crippen LogP contribution >= 0.6 is 0 Å². The van der Waals surface area contributed by atoms with E-state index in [0.717, 1.165) is 39.2 Å². The van der Waals surface area contributed by atoms with Crippen molar-refractivity contribution < 1.29 is 4.74 Å². The van der Waals surface area contributed by atoms with Crippen LogP contribution in [0.15, 0.2) is 72.8 Å². The zero-order chi connectivity index (χ0) is 18.2. The minimum Gasteiger partial charge on any atom is -0.497 e. The van der Waals surface area contributed by atoms with Gasteiger partial charge in [0.1, 0.15) is 5.75 Å². The molecule has 2 N–H and O–H groups in total. The SMILES string of the molecule is COc1cccc(-c2ccc3c(C4C=Cc5ccccc5N4)[nH]nc3c2)c1. The molecule has 0 fully saturated rings. The first-order chi connectivity index (χ1) is 13.3. The van der Waals surface area contributed by atoms with Gasteiger partial charge >= 0.3 is 0 Å². The van der Waals surface area contributed by atoms with E-state index in [0.29, 0.717) is 0 Å². The molecule has 4 nitrogen and oxygen atoms in total. The van der Waals surface area contributed by atoms with Crippen molar-refractivity contribution in [2.24, 2.45) is 0 Å². The molecule has 1 aliphatic heterocycles. The lowest BCUT2D eigenvalue weighted by molar-refractivity contribution is 0.415. The van der Waals surface area contributed by atoms with Crippen LogP contribution in [0.3, 0.4) is 0 Å². The summed E-state index contributed by atoms with van der Waals surface area (Å²) < 4.78 is 5.34. The van der Waals surface area contributed by atoms with E-state index in [4.69, 9.17) is 4.74 Å². The number of hydrogen-bond acceptors (Lipinski definition) is 3. The van der Waals surface area contributed by atoms with E-state index in [-0.39, 0.29) is 6.04 Å². The average molecular weight is 353 g/mol. The molecule has 0 saturated carbocycles. The summed E-state index contributed by atoms with van der Waals surface area (Å²) in [7, 11) is 1.69. The number of benzene rings is 3. The first-order valence-corrected chi connectivity index (χ1v) is 8.98. The van der Waals surface area contributed by atoms with Gasteiger partial charge in [0.2, 0.25) is 0 Å². The van der Waals surface area contributed by atoms with Gasteiger partial charge in [-0.2, -0.15) is 5.10 Å². The Balaban J connectivity index is 1.51. The lowest BCUT2D eigenvalue weighted by Gasteiger charge is -2.21. The van der Waals surface area contributed by atoms with E-state index in [2.05, 4.69) is 70.1 Å². The zero-order valence-corrected chi connectivity index (χ0v) is 14.9. The lowest BCUT2D eigenvalue weighted by atomic mass is 9.99. The molecule has 1 atom stereocenters. The predicted octanol–water partition coefficient (Wildman–Crippen LogP) is 5.42. The van der Waals surface area contributed by atoms with Gasteiger partial charge in [-0.15, -0.1) is 0 Å². The highest BCUT2D eigenvalue weighted by Crippen LogP contribution is 2.34. The minimum atomic E-state index is 0.0765. The molecule has 5 rings (SSSR count). The van der Waals surface area contributed by atoms with Gasteiger partial charge in [-0.25, -0.2) is 0 Å². The largest absolute Gasteiger partial charge is 0.497 e. The number of para-hydroxylation sites is 1. The smallest absolute Gasteiger partial charge is 0.119 e. The van der Waals surface area contributed by atoms with Gasteiger partial charge < -0.3 is 10.1 Å². The molecule has 1 aromatic heterocycles. The third-order valence-corrected chi connectivity index (χ3v) is 5.04. The predicted molar refractivity (Wildman–Crippen MR) is 110 cm³/mol. The standard InChI is InChI=1S/C23H19N3O/c1-27-18-7-4-6-16(13-18)17-9-11-19-22(14-17)25-26-23(19)21-12-10-15-5-2-3-8-20(15)24-21/h2-14,21,24H,1H3,(H,25,26). The van der Waals surface area contributed by atoms with Gasteiger partial charge in [-0.05, 0) is 41.0 Å². The van der Waals surface area contributed by atoms with Crippen LogP contribution in [-0.2, 0) is 0 Å². The van der Waals surface area contributed by atoms with Gasteiger partial charge in [0, 0.05) is 11.1 Å². The summed E-state index contributed by atoms with van der Waals surface area (Å²) in [5.41, 5.74) is 6.62. The number of hydrogen-bond donors (Lipinski definition) is 2. The molecule has 3 aromatic carbocycles. The second-order valence-electron chi connectivity index (χ2n) is 6.67. The first-order valence-electron chi connectivity index (χ1n) is 8.98. The zero-order valence-electron chi connectivity index (χ0n) is 14.9. The van der Waals surface area contributed by atoms with Gasteiger partial charge in [-0.1, -0.05) is 54.6 Å². The number of H-pyrrole nitrogens is 1. The molecule has 2 heterocycles. The van der Waals surface area contributed by atoms with Crippen LogP contribution in [0.5, 0.6) is 5.75 Å². The number of fused-ring (bicyclic) bond motifs is 2. The Labute approximate surface area is 157 Å². The van der Waals surface area contributed by atoms with Crippen LogP contribution in [0.4, 0.5) is 5.69 Å². The second kappa shape index (κ2) is 6.32. The number of aromatic amines is 1. The number of rotatable bonds is 3. The van der Waals surface area contributed by atoms with Crippen LogP contribution in [0.1, 0.15) is 17.3 Å². The summed E-state index contributed by atoms with van der Waals surface area (Å²) >= 11 is 0. The molecule has 132 valence electrons. The van der Waals surface area contributed by atoms with Gasteiger partial charge in [-0.3, -0.25) is 5.10 Å². The van der Waals surface area contributed by atoms with Crippen LogP contribution in [0, 0.1) is 0 Å². The summed E-state index contributed by atoms with van der Waals surface area (Å²) in [6, 6.07) is 22.9. The summed E-state index contributed by atoms with van der Waals surface area (Å²) in [4.78, 5) is 0. The Bertz CT molecular complexity index is 1160. The molecular weight excluding hydrogens is 334 g/mol. The highest BCUT2D eigenvalue weighted by molar-refractivity contribution is 5.88. The van der Waals surface area contributed by atoms with E-state index in [1.165, 1.54) is 5.56 Å². The summed E-state index contributed by atoms with van der Waals surface area (Å²) in [6.45, 7) is 0. The number of aromatic nitrogens is 2. The third kappa shape index (κ3) is 2.75. The molecule has 27 heavy (non-hydrogen) atoms. The van der Waals surface area contributed by atoms with E-state index in [1.54, 1.807) is 7.11 Å². The maximum Gasteiger partial charge on any atom is 0.119 e. The Morgan fingerprint density at radius 2 is 1.81 bits per heavy atom. The molecule has 4 heteroatoms. The minimum absolute atomic E-state index is 0.0765. The third-order valence-electron chi connectivity index (χ3n) is 5.04. The van der Waals surface area contributed by atoms with Gasteiger partial charge in [0.25, 0.3) is 0 Å². The van der Waals surface area contributed by atoms with Crippen LogP contribution in [-0.4, -0.2) is 17.3 Å². The van der Waals surface area contributed by atoms with E-state index < -0.39 is 0 Å². The van der Waals surface area contributed by atoms with Crippen molar-refractivity contribution in [2.45, 2.75) is 6.04 Å². The van der Waals surface area contributed by atoms with Crippen molar-refractivity contribution in [3.05, 3.63) is 84.1 Å². The maximum atomic E-state index is 5.34. The highest BCUT2D eigenvalue weighted by Gasteiger charge is 2.18. The van der Waals surface area contributed by atoms with Crippen molar-refractivity contribution in [3.63, 3.8) is 0 Å². The van der Waals surface area contributed by atoms with Crippen molar-refractivity contribution in [1.82, 2.24) is 10.2 Å². The Kier molecular flexibility index (Phi) is 3.68. The summed E-state index contributed by atoms with van der Waals surface area (Å²) in [5.74, 6) is 0.852. The number of nitrogens with zero attached hydrogens (tertiary/aromatic N) is 1. The summed E-state index contributed by atoms with van der Waals surface area (Å²) in [6.07, 6.45) is 4.33. The Hall–Kier alpha value is -3.53. The summed E-state index contributed by atoms with van der Waals surface area (Å²) in [5, 5.41) is 12.5. The Morgan fingerprint density at radius 1 is 0.926 bits per heavy atom. The molecule has 0 saturated heterocycles. The van der Waals surface area contributed by atoms with Crippen molar-refractivity contribution >= 4 is 22.7 Å². The fourth-order valence-corrected chi connectivity index (χ4v) is 3.61. The normalized spacial score (nSPS) is 15.4. The van der Waals surface area contributed by atoms with Crippen LogP contribution < -0.4 is 10.1 Å². The molecule has 0 amide bonds. The monoisotopic (exact) mass is 353 g/mol. The molecule has 1 unspecified atom stereocenters. The van der Waals surface area contributed by atoms with E-state index in [9.17, 15) is 0 Å². The number of anilines is 1. The highest BCUT2D eigenvalue weighted by atomic mass is 16.5. The van der Waals surface area contributed by atoms with Crippen molar-refractivity contribution in [3.8, 4) is 16.9 Å². The maximum absolute atomic E-state index is 5.34. The second-order valence-corrected chi connectivity index (χ2v) is 6.67. The topological polar surface area (TPSA) is 49.9 Å². The van der Waals surface area contributed by atoms with Crippen molar-refractivity contribution in [1.29, 1.82) is 0 Å².